The fourth-order valence-corrected chi connectivity index (χ4v) is 2.95. The topological polar surface area (TPSA) is 0 Å². The van der Waals surface area contributed by atoms with E-state index in [4.69, 9.17) is 0 Å². The molecule has 0 amide bonds. The van der Waals surface area contributed by atoms with Crippen LogP contribution in [-0.4, -0.2) is 0 Å². The van der Waals surface area contributed by atoms with E-state index in [-0.39, 0.29) is 0 Å². The summed E-state index contributed by atoms with van der Waals surface area (Å²) in [4.78, 5) is 0. The van der Waals surface area contributed by atoms with Gasteiger partial charge in [-0.3, -0.25) is 0 Å². The van der Waals surface area contributed by atoms with Crippen molar-refractivity contribution in [1.29, 1.82) is 0 Å². The summed E-state index contributed by atoms with van der Waals surface area (Å²) in [6, 6.07) is 19.5. The van der Waals surface area contributed by atoms with Crippen LogP contribution < -0.4 is 0 Å². The van der Waals surface area contributed by atoms with Gasteiger partial charge in [0.25, 0.3) is 0 Å². The van der Waals surface area contributed by atoms with E-state index >= 15 is 0 Å². The van der Waals surface area contributed by atoms with Gasteiger partial charge in [0.1, 0.15) is 0 Å². The van der Waals surface area contributed by atoms with Crippen molar-refractivity contribution in [3.05, 3.63) is 60.2 Å². The summed E-state index contributed by atoms with van der Waals surface area (Å²) < 4.78 is 0. The molecule has 0 saturated heterocycles. The van der Waals surface area contributed by atoms with Gasteiger partial charge in [-0.15, -0.1) is 0 Å². The molecule has 1 aliphatic carbocycles. The van der Waals surface area contributed by atoms with E-state index in [1.165, 1.54) is 56.9 Å². The van der Waals surface area contributed by atoms with Crippen LogP contribution in [0.4, 0.5) is 0 Å². The Morgan fingerprint density at radius 2 is 0.947 bits per heavy atom. The third kappa shape index (κ3) is 5.46. The van der Waals surface area contributed by atoms with E-state index < -0.39 is 0 Å². The van der Waals surface area contributed by atoms with Crippen molar-refractivity contribution in [2.24, 2.45) is 0 Å². The number of hydrogen-bond donors (Lipinski definition) is 0. The molecule has 1 saturated carbocycles. The Hall–Kier alpha value is -1.30. The van der Waals surface area contributed by atoms with Crippen molar-refractivity contribution < 1.29 is 0 Å². The van der Waals surface area contributed by atoms with Crippen LogP contribution in [-0.2, 0) is 0 Å². The van der Waals surface area contributed by atoms with Crippen LogP contribution in [0.3, 0.4) is 0 Å². The van der Waals surface area contributed by atoms with Crippen LogP contribution in [0.25, 0.3) is 0 Å². The summed E-state index contributed by atoms with van der Waals surface area (Å²) in [7, 11) is 0. The standard InChI is InChI=1S/C19H26/c1-2-6-10-14-18(15-11-7-3-1)19-16-12-8-4-5-9-13-17-19/h1-3,6-7,10-11,14-15,19H,4-5,8-9,12-13,16-17H2. The molecule has 19 heavy (non-hydrogen) atoms. The fourth-order valence-electron chi connectivity index (χ4n) is 2.95. The third-order valence-corrected chi connectivity index (χ3v) is 4.07. The molecule has 0 N–H and O–H groups in total. The lowest BCUT2D eigenvalue weighted by Crippen LogP contribution is -1.97. The van der Waals surface area contributed by atoms with Crippen LogP contribution in [0.15, 0.2) is 54.6 Å². The van der Waals surface area contributed by atoms with Gasteiger partial charge >= 0.3 is 0 Å². The van der Waals surface area contributed by atoms with Gasteiger partial charge in [-0.1, -0.05) is 93.1 Å². The summed E-state index contributed by atoms with van der Waals surface area (Å²) >= 11 is 0. The largest absolute Gasteiger partial charge is 0.0623 e. The molecular formula is C19H26. The fraction of sp³-hybridized carbons (Fsp3) is 0.474. The Bertz CT molecular complexity index is 372. The van der Waals surface area contributed by atoms with Gasteiger partial charge < -0.3 is 0 Å². The highest BCUT2D eigenvalue weighted by Gasteiger charge is 2.11. The molecule has 0 heteroatoms. The van der Waals surface area contributed by atoms with Gasteiger partial charge in [0.2, 0.25) is 0 Å². The van der Waals surface area contributed by atoms with Crippen molar-refractivity contribution in [3.63, 3.8) is 0 Å². The first-order valence-electron chi connectivity index (χ1n) is 7.85. The predicted octanol–water partition coefficient (Wildman–Crippen LogP) is 6.03. The van der Waals surface area contributed by atoms with Crippen LogP contribution in [0, 0.1) is 0 Å². The molecular weight excluding hydrogens is 228 g/mol. The molecule has 0 bridgehead atoms. The molecule has 0 nitrogen and oxygen atoms in total. The molecule has 0 heterocycles. The van der Waals surface area contributed by atoms with Crippen molar-refractivity contribution in [3.8, 4) is 0 Å². The van der Waals surface area contributed by atoms with E-state index in [0.717, 1.165) is 5.92 Å². The van der Waals surface area contributed by atoms with E-state index in [9.17, 15) is 0 Å². The minimum absolute atomic E-state index is 0.760. The average Bonchev–Trinajstić information content (AvgIpc) is 2.58. The highest BCUT2D eigenvalue weighted by Crippen LogP contribution is 2.29. The van der Waals surface area contributed by atoms with Crippen LogP contribution in [0.1, 0.15) is 62.8 Å². The summed E-state index contributed by atoms with van der Waals surface area (Å²) in [5, 5.41) is 0. The zero-order chi connectivity index (χ0) is 13.2. The van der Waals surface area contributed by atoms with E-state index in [2.05, 4.69) is 54.6 Å². The maximum absolute atomic E-state index is 2.31. The van der Waals surface area contributed by atoms with Crippen LogP contribution in [0.2, 0.25) is 0 Å². The third-order valence-electron chi connectivity index (χ3n) is 4.07. The summed E-state index contributed by atoms with van der Waals surface area (Å²) in [5.74, 6) is 0.760. The smallest absolute Gasteiger partial charge is 0.0162 e. The van der Waals surface area contributed by atoms with Gasteiger partial charge in [0.05, 0.1) is 0 Å². The monoisotopic (exact) mass is 254 g/mol. The predicted molar refractivity (Wildman–Crippen MR) is 83.7 cm³/mol. The van der Waals surface area contributed by atoms with E-state index in [1.54, 1.807) is 0 Å². The molecule has 0 aliphatic heterocycles. The molecule has 0 spiro atoms. The lowest BCUT2D eigenvalue weighted by Gasteiger charge is -2.15. The Labute approximate surface area is 118 Å². The quantitative estimate of drug-likeness (QED) is 0.574. The second-order valence-electron chi connectivity index (χ2n) is 5.58. The van der Waals surface area contributed by atoms with Gasteiger partial charge in [0, 0.05) is 0 Å². The first-order valence-corrected chi connectivity index (χ1v) is 7.85. The molecule has 1 fully saturated rings. The lowest BCUT2D eigenvalue weighted by atomic mass is 9.90. The minimum Gasteiger partial charge on any atom is -0.0623 e. The number of hydrogen-bond acceptors (Lipinski definition) is 0. The molecule has 1 aliphatic rings. The van der Waals surface area contributed by atoms with Gasteiger partial charge in [-0.2, -0.15) is 0 Å². The van der Waals surface area contributed by atoms with Crippen molar-refractivity contribution in [1.82, 2.24) is 0 Å². The molecule has 1 aromatic rings. The summed E-state index contributed by atoms with van der Waals surface area (Å²) in [6.45, 7) is 0. The first kappa shape index (κ1) is 14.1. The normalized spacial score (nSPS) is 17.7. The zero-order valence-electron chi connectivity index (χ0n) is 11.9. The van der Waals surface area contributed by atoms with Crippen LogP contribution in [0.5, 0.6) is 0 Å². The Kier molecular flexibility index (Phi) is 6.49. The second kappa shape index (κ2) is 8.74. The van der Waals surface area contributed by atoms with Crippen molar-refractivity contribution in [2.75, 3.05) is 0 Å². The molecule has 1 aromatic carbocycles. The molecule has 0 unspecified atom stereocenters. The van der Waals surface area contributed by atoms with E-state index in [1.807, 2.05) is 0 Å². The van der Waals surface area contributed by atoms with Crippen molar-refractivity contribution in [2.45, 2.75) is 57.3 Å². The highest BCUT2D eigenvalue weighted by atomic mass is 14.2. The van der Waals surface area contributed by atoms with E-state index in [0.29, 0.717) is 0 Å². The molecule has 0 radical (unpaired) electrons. The van der Waals surface area contributed by atoms with Crippen LogP contribution >= 0.6 is 0 Å². The maximum Gasteiger partial charge on any atom is -0.0162 e. The lowest BCUT2D eigenvalue weighted by molar-refractivity contribution is 0.540. The Morgan fingerprint density at radius 1 is 0.526 bits per heavy atom. The molecule has 0 aromatic heterocycles. The zero-order valence-corrected chi connectivity index (χ0v) is 11.9. The summed E-state index contributed by atoms with van der Waals surface area (Å²) in [6.07, 6.45) is 11.2. The minimum atomic E-state index is 0.760. The highest BCUT2D eigenvalue weighted by molar-refractivity contribution is 5.17. The van der Waals surface area contributed by atoms with Gasteiger partial charge in [0.15, 0.2) is 0 Å². The maximum atomic E-state index is 2.31. The second-order valence-corrected chi connectivity index (χ2v) is 5.58. The SMILES string of the molecule is c1ccccc(C2CCCCCCCC2)cccc1. The summed E-state index contributed by atoms with van der Waals surface area (Å²) in [5.41, 5.74) is 1.51. The Balaban J connectivity index is 2.17. The number of rotatable bonds is 1. The molecule has 0 atom stereocenters. The Morgan fingerprint density at radius 3 is 1.47 bits per heavy atom. The van der Waals surface area contributed by atoms with Gasteiger partial charge in [-0.05, 0) is 24.3 Å². The first-order chi connectivity index (χ1) is 9.47. The molecule has 102 valence electrons. The molecule has 2 rings (SSSR count). The van der Waals surface area contributed by atoms with Gasteiger partial charge in [-0.25, -0.2) is 0 Å². The average molecular weight is 254 g/mol. The van der Waals surface area contributed by atoms with Crippen molar-refractivity contribution >= 4 is 0 Å².